The monoisotopic (exact) mass is 238 g/mol. The first-order chi connectivity index (χ1) is 7.95. The molecule has 3 heteroatoms. The highest BCUT2D eigenvalue weighted by atomic mass is 19.1. The standard InChI is InChI=1S/C14H23FN2/c1-11(2)9-17-14(3,10-16)8-12-5-4-6-13(15)7-12/h4-7,11,17H,8-10,16H2,1-3H3. The van der Waals surface area contributed by atoms with Crippen LogP contribution in [-0.4, -0.2) is 18.6 Å². The van der Waals surface area contributed by atoms with Gasteiger partial charge in [-0.3, -0.25) is 0 Å². The van der Waals surface area contributed by atoms with Crippen molar-refractivity contribution >= 4 is 0 Å². The second-order valence-corrected chi connectivity index (χ2v) is 5.35. The van der Waals surface area contributed by atoms with E-state index in [0.717, 1.165) is 18.5 Å². The Balaban J connectivity index is 2.67. The van der Waals surface area contributed by atoms with Gasteiger partial charge >= 0.3 is 0 Å². The Bertz CT molecular complexity index is 352. The average molecular weight is 238 g/mol. The predicted octanol–water partition coefficient (Wildman–Crippen LogP) is 2.33. The molecule has 0 heterocycles. The minimum atomic E-state index is -0.189. The fourth-order valence-corrected chi connectivity index (χ4v) is 1.75. The lowest BCUT2D eigenvalue weighted by Crippen LogP contribution is -2.51. The highest BCUT2D eigenvalue weighted by Crippen LogP contribution is 2.14. The Kier molecular flexibility index (Phi) is 5.09. The zero-order chi connectivity index (χ0) is 12.9. The van der Waals surface area contributed by atoms with Crippen molar-refractivity contribution in [2.45, 2.75) is 32.7 Å². The quantitative estimate of drug-likeness (QED) is 0.798. The lowest BCUT2D eigenvalue weighted by Gasteiger charge is -2.30. The summed E-state index contributed by atoms with van der Waals surface area (Å²) in [6.45, 7) is 7.86. The van der Waals surface area contributed by atoms with Crippen molar-refractivity contribution in [2.75, 3.05) is 13.1 Å². The highest BCUT2D eigenvalue weighted by Gasteiger charge is 2.22. The molecule has 0 aliphatic heterocycles. The Morgan fingerprint density at radius 2 is 2.12 bits per heavy atom. The first-order valence-corrected chi connectivity index (χ1v) is 6.15. The minimum absolute atomic E-state index is 0.169. The van der Waals surface area contributed by atoms with Crippen molar-refractivity contribution < 1.29 is 4.39 Å². The summed E-state index contributed by atoms with van der Waals surface area (Å²) < 4.78 is 13.1. The molecule has 0 saturated heterocycles. The molecule has 1 aromatic carbocycles. The normalized spacial score (nSPS) is 14.9. The van der Waals surface area contributed by atoms with E-state index in [4.69, 9.17) is 5.73 Å². The molecule has 0 fully saturated rings. The van der Waals surface area contributed by atoms with Crippen LogP contribution >= 0.6 is 0 Å². The first-order valence-electron chi connectivity index (χ1n) is 6.15. The van der Waals surface area contributed by atoms with E-state index >= 15 is 0 Å². The van der Waals surface area contributed by atoms with Gasteiger partial charge in [0.05, 0.1) is 0 Å². The van der Waals surface area contributed by atoms with Crippen molar-refractivity contribution in [3.63, 3.8) is 0 Å². The molecule has 0 spiro atoms. The zero-order valence-electron chi connectivity index (χ0n) is 11.0. The third-order valence-corrected chi connectivity index (χ3v) is 2.87. The number of halogens is 1. The van der Waals surface area contributed by atoms with Crippen molar-refractivity contribution in [3.8, 4) is 0 Å². The number of nitrogens with one attached hydrogen (secondary N) is 1. The molecule has 0 aliphatic rings. The maximum atomic E-state index is 13.1. The predicted molar refractivity (Wildman–Crippen MR) is 70.4 cm³/mol. The van der Waals surface area contributed by atoms with Gasteiger partial charge in [0.2, 0.25) is 0 Å². The van der Waals surface area contributed by atoms with E-state index in [2.05, 4.69) is 26.1 Å². The van der Waals surface area contributed by atoms with Gasteiger partial charge in [0.1, 0.15) is 5.82 Å². The number of hydrogen-bond donors (Lipinski definition) is 2. The minimum Gasteiger partial charge on any atom is -0.329 e. The van der Waals surface area contributed by atoms with Gasteiger partial charge in [-0.1, -0.05) is 26.0 Å². The van der Waals surface area contributed by atoms with E-state index < -0.39 is 0 Å². The zero-order valence-corrected chi connectivity index (χ0v) is 11.0. The highest BCUT2D eigenvalue weighted by molar-refractivity contribution is 5.19. The third-order valence-electron chi connectivity index (χ3n) is 2.87. The van der Waals surface area contributed by atoms with Gasteiger partial charge in [0, 0.05) is 12.1 Å². The molecule has 2 nitrogen and oxygen atoms in total. The lowest BCUT2D eigenvalue weighted by molar-refractivity contribution is 0.340. The Morgan fingerprint density at radius 1 is 1.41 bits per heavy atom. The smallest absolute Gasteiger partial charge is 0.123 e. The fourth-order valence-electron chi connectivity index (χ4n) is 1.75. The Hall–Kier alpha value is -0.930. The van der Waals surface area contributed by atoms with Crippen LogP contribution in [0.4, 0.5) is 4.39 Å². The SMILES string of the molecule is CC(C)CNC(C)(CN)Cc1cccc(F)c1. The summed E-state index contributed by atoms with van der Waals surface area (Å²) in [5.74, 6) is 0.388. The van der Waals surface area contributed by atoms with Gasteiger partial charge in [0.25, 0.3) is 0 Å². The maximum Gasteiger partial charge on any atom is 0.123 e. The van der Waals surface area contributed by atoms with Crippen molar-refractivity contribution in [1.29, 1.82) is 0 Å². The summed E-state index contributed by atoms with van der Waals surface area (Å²) in [5, 5.41) is 3.47. The van der Waals surface area contributed by atoms with Crippen LogP contribution in [0.2, 0.25) is 0 Å². The summed E-state index contributed by atoms with van der Waals surface area (Å²) in [4.78, 5) is 0. The Morgan fingerprint density at radius 3 is 2.65 bits per heavy atom. The summed E-state index contributed by atoms with van der Waals surface area (Å²) in [6.07, 6.45) is 0.744. The molecule has 0 radical (unpaired) electrons. The second-order valence-electron chi connectivity index (χ2n) is 5.35. The molecule has 96 valence electrons. The van der Waals surface area contributed by atoms with E-state index in [1.165, 1.54) is 6.07 Å². The van der Waals surface area contributed by atoms with Crippen LogP contribution < -0.4 is 11.1 Å². The van der Waals surface area contributed by atoms with Crippen LogP contribution in [0, 0.1) is 11.7 Å². The molecule has 1 aromatic rings. The van der Waals surface area contributed by atoms with E-state index in [0.29, 0.717) is 12.5 Å². The molecule has 0 aromatic heterocycles. The van der Waals surface area contributed by atoms with Gasteiger partial charge in [-0.2, -0.15) is 0 Å². The third kappa shape index (κ3) is 4.84. The van der Waals surface area contributed by atoms with Crippen molar-refractivity contribution in [1.82, 2.24) is 5.32 Å². The molecular weight excluding hydrogens is 215 g/mol. The van der Waals surface area contributed by atoms with Crippen LogP contribution in [0.15, 0.2) is 24.3 Å². The first kappa shape index (κ1) is 14.1. The molecule has 3 N–H and O–H groups in total. The number of nitrogens with two attached hydrogens (primary N) is 1. The summed E-state index contributed by atoms with van der Waals surface area (Å²) in [7, 11) is 0. The van der Waals surface area contributed by atoms with Crippen LogP contribution in [0.25, 0.3) is 0 Å². The van der Waals surface area contributed by atoms with Crippen LogP contribution in [0.5, 0.6) is 0 Å². The second kappa shape index (κ2) is 6.12. The lowest BCUT2D eigenvalue weighted by atomic mass is 9.92. The van der Waals surface area contributed by atoms with Crippen molar-refractivity contribution in [2.24, 2.45) is 11.7 Å². The van der Waals surface area contributed by atoms with E-state index in [9.17, 15) is 4.39 Å². The number of benzene rings is 1. The van der Waals surface area contributed by atoms with Crippen molar-refractivity contribution in [3.05, 3.63) is 35.6 Å². The van der Waals surface area contributed by atoms with E-state index in [-0.39, 0.29) is 11.4 Å². The molecule has 0 amide bonds. The largest absolute Gasteiger partial charge is 0.329 e. The number of hydrogen-bond acceptors (Lipinski definition) is 2. The van der Waals surface area contributed by atoms with Gasteiger partial charge in [-0.15, -0.1) is 0 Å². The molecule has 1 unspecified atom stereocenters. The summed E-state index contributed by atoms with van der Waals surface area (Å²) >= 11 is 0. The van der Waals surface area contributed by atoms with Gasteiger partial charge < -0.3 is 11.1 Å². The Labute approximate surface area is 103 Å². The molecule has 1 atom stereocenters. The van der Waals surface area contributed by atoms with Crippen LogP contribution in [0.1, 0.15) is 26.3 Å². The van der Waals surface area contributed by atoms with E-state index in [1.54, 1.807) is 12.1 Å². The maximum absolute atomic E-state index is 13.1. The van der Waals surface area contributed by atoms with Crippen LogP contribution in [0.3, 0.4) is 0 Å². The summed E-state index contributed by atoms with van der Waals surface area (Å²) in [6, 6.07) is 6.72. The topological polar surface area (TPSA) is 38.0 Å². The average Bonchev–Trinajstić information content (AvgIpc) is 2.26. The molecule has 0 saturated carbocycles. The molecule has 0 bridgehead atoms. The van der Waals surface area contributed by atoms with Gasteiger partial charge in [-0.25, -0.2) is 4.39 Å². The fraction of sp³-hybridized carbons (Fsp3) is 0.571. The molecular formula is C14H23FN2. The molecule has 1 rings (SSSR count). The van der Waals surface area contributed by atoms with E-state index in [1.807, 2.05) is 6.07 Å². The summed E-state index contributed by atoms with van der Waals surface area (Å²) in [5.41, 5.74) is 6.64. The molecule has 0 aliphatic carbocycles. The van der Waals surface area contributed by atoms with Gasteiger partial charge in [0.15, 0.2) is 0 Å². The molecule has 17 heavy (non-hydrogen) atoms. The van der Waals surface area contributed by atoms with Crippen LogP contribution in [-0.2, 0) is 6.42 Å². The number of rotatable bonds is 6. The van der Waals surface area contributed by atoms with Gasteiger partial charge in [-0.05, 0) is 43.5 Å².